The fraction of sp³-hybridized carbons (Fsp3) is 0.0667. The van der Waals surface area contributed by atoms with Gasteiger partial charge < -0.3 is 16.3 Å². The minimum absolute atomic E-state index is 0.0733. The van der Waals surface area contributed by atoms with E-state index in [1.54, 1.807) is 30.3 Å². The number of amidine groups is 1. The van der Waals surface area contributed by atoms with E-state index >= 15 is 0 Å². The van der Waals surface area contributed by atoms with Crippen LogP contribution in [0, 0.1) is 6.92 Å². The predicted molar refractivity (Wildman–Crippen MR) is 85.8 cm³/mol. The maximum atomic E-state index is 12.2. The highest BCUT2D eigenvalue weighted by Crippen LogP contribution is 2.21. The zero-order valence-corrected chi connectivity index (χ0v) is 12.9. The first-order chi connectivity index (χ1) is 10.0. The molecule has 0 fully saturated rings. The molecule has 1 amide bonds. The molecule has 0 heterocycles. The maximum absolute atomic E-state index is 12.2. The molecular weight excluding hydrogens is 334 g/mol. The van der Waals surface area contributed by atoms with Crippen LogP contribution in [0.2, 0.25) is 0 Å². The van der Waals surface area contributed by atoms with E-state index in [-0.39, 0.29) is 11.7 Å². The van der Waals surface area contributed by atoms with Crippen molar-refractivity contribution in [3.8, 4) is 0 Å². The number of carbonyl (C=O) groups is 1. The van der Waals surface area contributed by atoms with E-state index < -0.39 is 0 Å². The minimum Gasteiger partial charge on any atom is -0.409 e. The number of nitrogens with zero attached hydrogens (tertiary/aromatic N) is 1. The standard InChI is InChI=1S/C15H14BrN3O2/c1-9-3-2-4-10(7-9)15(20)18-13-6-5-11(16)8-12(13)14(17)19-21/h2-8,21H,1H3,(H2,17,19)(H,18,20). The van der Waals surface area contributed by atoms with Crippen LogP contribution in [-0.4, -0.2) is 17.0 Å². The zero-order chi connectivity index (χ0) is 15.4. The van der Waals surface area contributed by atoms with E-state index in [4.69, 9.17) is 10.9 Å². The third-order valence-electron chi connectivity index (χ3n) is 2.89. The molecule has 108 valence electrons. The summed E-state index contributed by atoms with van der Waals surface area (Å²) >= 11 is 3.31. The number of nitrogens with two attached hydrogens (primary N) is 1. The number of carbonyl (C=O) groups excluding carboxylic acids is 1. The molecule has 2 rings (SSSR count). The Kier molecular flexibility index (Phi) is 4.59. The number of hydrogen-bond acceptors (Lipinski definition) is 3. The van der Waals surface area contributed by atoms with Crippen molar-refractivity contribution in [3.05, 3.63) is 63.6 Å². The van der Waals surface area contributed by atoms with Gasteiger partial charge in [-0.2, -0.15) is 0 Å². The number of amides is 1. The average molecular weight is 348 g/mol. The molecule has 21 heavy (non-hydrogen) atoms. The van der Waals surface area contributed by atoms with Gasteiger partial charge in [0.05, 0.1) is 5.69 Å². The highest BCUT2D eigenvalue weighted by Gasteiger charge is 2.12. The van der Waals surface area contributed by atoms with Gasteiger partial charge in [0, 0.05) is 15.6 Å². The van der Waals surface area contributed by atoms with Crippen molar-refractivity contribution in [1.82, 2.24) is 0 Å². The van der Waals surface area contributed by atoms with Gasteiger partial charge in [0.25, 0.3) is 5.91 Å². The molecule has 6 heteroatoms. The maximum Gasteiger partial charge on any atom is 0.255 e. The molecule has 4 N–H and O–H groups in total. The van der Waals surface area contributed by atoms with Gasteiger partial charge in [-0.15, -0.1) is 0 Å². The van der Waals surface area contributed by atoms with Crippen molar-refractivity contribution in [1.29, 1.82) is 0 Å². The highest BCUT2D eigenvalue weighted by atomic mass is 79.9. The second-order valence-corrected chi connectivity index (χ2v) is 5.41. The van der Waals surface area contributed by atoms with Crippen molar-refractivity contribution in [2.75, 3.05) is 5.32 Å². The van der Waals surface area contributed by atoms with Gasteiger partial charge in [-0.05, 0) is 37.3 Å². The molecule has 5 nitrogen and oxygen atoms in total. The molecule has 0 unspecified atom stereocenters. The number of anilines is 1. The number of benzene rings is 2. The van der Waals surface area contributed by atoms with Crippen LogP contribution in [-0.2, 0) is 0 Å². The third kappa shape index (κ3) is 3.61. The Morgan fingerprint density at radius 1 is 1.29 bits per heavy atom. The molecule has 0 saturated heterocycles. The largest absolute Gasteiger partial charge is 0.409 e. The smallest absolute Gasteiger partial charge is 0.255 e. The fourth-order valence-corrected chi connectivity index (χ4v) is 2.23. The van der Waals surface area contributed by atoms with E-state index in [2.05, 4.69) is 26.4 Å². The summed E-state index contributed by atoms with van der Waals surface area (Å²) in [4.78, 5) is 12.2. The molecule has 2 aromatic rings. The quantitative estimate of drug-likeness (QED) is 0.345. The molecular formula is C15H14BrN3O2. The van der Waals surface area contributed by atoms with Crippen LogP contribution in [0.1, 0.15) is 21.5 Å². The molecule has 2 aromatic carbocycles. The Morgan fingerprint density at radius 2 is 2.05 bits per heavy atom. The Balaban J connectivity index is 2.33. The molecule has 0 bridgehead atoms. The van der Waals surface area contributed by atoms with E-state index in [1.165, 1.54) is 0 Å². The van der Waals surface area contributed by atoms with E-state index in [0.29, 0.717) is 16.8 Å². The summed E-state index contributed by atoms with van der Waals surface area (Å²) < 4.78 is 0.762. The second kappa shape index (κ2) is 6.41. The van der Waals surface area contributed by atoms with Gasteiger partial charge >= 0.3 is 0 Å². The van der Waals surface area contributed by atoms with Crippen LogP contribution in [0.3, 0.4) is 0 Å². The van der Waals surface area contributed by atoms with Gasteiger partial charge in [-0.3, -0.25) is 4.79 Å². The van der Waals surface area contributed by atoms with E-state index in [9.17, 15) is 4.79 Å². The van der Waals surface area contributed by atoms with Crippen molar-refractivity contribution in [2.24, 2.45) is 10.9 Å². The lowest BCUT2D eigenvalue weighted by Gasteiger charge is -2.11. The van der Waals surface area contributed by atoms with Crippen LogP contribution in [0.15, 0.2) is 52.1 Å². The summed E-state index contributed by atoms with van der Waals surface area (Å²) in [6.45, 7) is 1.91. The van der Waals surface area contributed by atoms with Crippen molar-refractivity contribution < 1.29 is 10.0 Å². The summed E-state index contributed by atoms with van der Waals surface area (Å²) in [5, 5.41) is 14.6. The van der Waals surface area contributed by atoms with Crippen LogP contribution in [0.25, 0.3) is 0 Å². The first-order valence-electron chi connectivity index (χ1n) is 6.16. The van der Waals surface area contributed by atoms with Gasteiger partial charge in [0.2, 0.25) is 0 Å². The summed E-state index contributed by atoms with van der Waals surface area (Å²) in [6, 6.07) is 12.4. The molecule has 0 spiro atoms. The SMILES string of the molecule is Cc1cccc(C(=O)Nc2ccc(Br)cc2/C(N)=N/O)c1. The summed E-state index contributed by atoms with van der Waals surface area (Å²) in [6.07, 6.45) is 0. The molecule has 0 aromatic heterocycles. The van der Waals surface area contributed by atoms with Crippen LogP contribution in [0.4, 0.5) is 5.69 Å². The van der Waals surface area contributed by atoms with Crippen molar-refractivity contribution >= 4 is 33.4 Å². The molecule has 0 atom stereocenters. The number of hydrogen-bond donors (Lipinski definition) is 3. The first kappa shape index (κ1) is 15.1. The van der Waals surface area contributed by atoms with Crippen molar-refractivity contribution in [3.63, 3.8) is 0 Å². The summed E-state index contributed by atoms with van der Waals surface area (Å²) in [5.74, 6) is -0.330. The predicted octanol–water partition coefficient (Wildman–Crippen LogP) is 3.10. The number of nitrogens with one attached hydrogen (secondary N) is 1. The van der Waals surface area contributed by atoms with Crippen LogP contribution >= 0.6 is 15.9 Å². The molecule has 0 saturated carbocycles. The van der Waals surface area contributed by atoms with Gasteiger partial charge in [0.1, 0.15) is 0 Å². The lowest BCUT2D eigenvalue weighted by atomic mass is 10.1. The first-order valence-corrected chi connectivity index (χ1v) is 6.96. The topological polar surface area (TPSA) is 87.7 Å². The van der Waals surface area contributed by atoms with Crippen molar-refractivity contribution in [2.45, 2.75) is 6.92 Å². The number of halogens is 1. The Hall–Kier alpha value is -2.34. The summed E-state index contributed by atoms with van der Waals surface area (Å²) in [7, 11) is 0. The molecule has 0 aliphatic rings. The third-order valence-corrected chi connectivity index (χ3v) is 3.39. The van der Waals surface area contributed by atoms with Gasteiger partial charge in [0.15, 0.2) is 5.84 Å². The second-order valence-electron chi connectivity index (χ2n) is 4.50. The lowest BCUT2D eigenvalue weighted by molar-refractivity contribution is 0.102. The minimum atomic E-state index is -0.256. The zero-order valence-electron chi connectivity index (χ0n) is 11.3. The number of rotatable bonds is 3. The van der Waals surface area contributed by atoms with E-state index in [1.807, 2.05) is 19.1 Å². The fourth-order valence-electron chi connectivity index (χ4n) is 1.87. The Labute approximate surface area is 130 Å². The number of oxime groups is 1. The van der Waals surface area contributed by atoms with Gasteiger partial charge in [-0.1, -0.05) is 38.8 Å². The Bertz CT molecular complexity index is 714. The molecule has 0 aliphatic heterocycles. The monoisotopic (exact) mass is 347 g/mol. The van der Waals surface area contributed by atoms with Gasteiger partial charge in [-0.25, -0.2) is 0 Å². The highest BCUT2D eigenvalue weighted by molar-refractivity contribution is 9.10. The molecule has 0 radical (unpaired) electrons. The normalized spacial score (nSPS) is 11.2. The summed E-state index contributed by atoms with van der Waals surface area (Å²) in [5.41, 5.74) is 8.08. The van der Waals surface area contributed by atoms with Crippen LogP contribution < -0.4 is 11.1 Å². The van der Waals surface area contributed by atoms with Crippen LogP contribution in [0.5, 0.6) is 0 Å². The average Bonchev–Trinajstić information content (AvgIpc) is 2.48. The molecule has 0 aliphatic carbocycles. The Morgan fingerprint density at radius 3 is 2.71 bits per heavy atom. The number of aryl methyl sites for hydroxylation is 1. The lowest BCUT2D eigenvalue weighted by Crippen LogP contribution is -2.19. The van der Waals surface area contributed by atoms with E-state index in [0.717, 1.165) is 10.0 Å².